The summed E-state index contributed by atoms with van der Waals surface area (Å²) in [5.41, 5.74) is 2.37. The highest BCUT2D eigenvalue weighted by molar-refractivity contribution is 7.13. The number of hydrogen-bond acceptors (Lipinski definition) is 6. The first-order valence-corrected chi connectivity index (χ1v) is 8.90. The highest BCUT2D eigenvalue weighted by Gasteiger charge is 2.14. The second kappa shape index (κ2) is 8.01. The lowest BCUT2D eigenvalue weighted by Crippen LogP contribution is -1.97. The molecule has 0 bridgehead atoms. The third-order valence-electron chi connectivity index (χ3n) is 3.83. The zero-order valence-corrected chi connectivity index (χ0v) is 15.6. The van der Waals surface area contributed by atoms with Crippen molar-refractivity contribution in [3.63, 3.8) is 0 Å². The minimum atomic E-state index is 0.0351. The van der Waals surface area contributed by atoms with Crippen LogP contribution in [0.4, 0.5) is 0 Å². The SMILES string of the molecule is COc1cccc(-c2nc(COc3ccc(C(C)=O)cc3)cs2)c1OC. The molecule has 0 amide bonds. The number of aromatic nitrogens is 1. The Hall–Kier alpha value is -2.86. The Morgan fingerprint density at radius 2 is 1.85 bits per heavy atom. The van der Waals surface area contributed by atoms with Crippen LogP contribution in [0.2, 0.25) is 0 Å². The number of ether oxygens (including phenoxy) is 3. The van der Waals surface area contributed by atoms with Crippen LogP contribution in [0.25, 0.3) is 10.6 Å². The van der Waals surface area contributed by atoms with Gasteiger partial charge in [-0.25, -0.2) is 4.98 Å². The van der Waals surface area contributed by atoms with Gasteiger partial charge >= 0.3 is 0 Å². The number of para-hydroxylation sites is 1. The van der Waals surface area contributed by atoms with Crippen molar-refractivity contribution in [2.75, 3.05) is 14.2 Å². The van der Waals surface area contributed by atoms with Crippen molar-refractivity contribution in [2.45, 2.75) is 13.5 Å². The Morgan fingerprint density at radius 3 is 2.50 bits per heavy atom. The number of carbonyl (C=O) groups is 1. The monoisotopic (exact) mass is 369 g/mol. The van der Waals surface area contributed by atoms with Gasteiger partial charge in [-0.15, -0.1) is 11.3 Å². The summed E-state index contributed by atoms with van der Waals surface area (Å²) in [5, 5.41) is 2.80. The summed E-state index contributed by atoms with van der Waals surface area (Å²) in [5.74, 6) is 2.07. The average molecular weight is 369 g/mol. The topological polar surface area (TPSA) is 57.7 Å². The molecule has 1 aromatic heterocycles. The molecule has 0 aliphatic carbocycles. The van der Waals surface area contributed by atoms with Crippen LogP contribution in [0, 0.1) is 0 Å². The number of carbonyl (C=O) groups excluding carboxylic acids is 1. The molecule has 0 saturated heterocycles. The predicted octanol–water partition coefficient (Wildman–Crippen LogP) is 4.61. The summed E-state index contributed by atoms with van der Waals surface area (Å²) < 4.78 is 16.6. The van der Waals surface area contributed by atoms with Gasteiger partial charge in [0.05, 0.1) is 25.5 Å². The van der Waals surface area contributed by atoms with Crippen LogP contribution in [0.1, 0.15) is 23.0 Å². The van der Waals surface area contributed by atoms with Gasteiger partial charge in [0.15, 0.2) is 17.3 Å². The van der Waals surface area contributed by atoms with Crippen LogP contribution in [0.5, 0.6) is 17.2 Å². The fraction of sp³-hybridized carbons (Fsp3) is 0.200. The van der Waals surface area contributed by atoms with Gasteiger partial charge in [0.25, 0.3) is 0 Å². The molecule has 0 N–H and O–H groups in total. The molecule has 0 spiro atoms. The number of nitrogens with zero attached hydrogens (tertiary/aromatic N) is 1. The molecule has 0 aliphatic heterocycles. The Kier molecular flexibility index (Phi) is 5.53. The van der Waals surface area contributed by atoms with E-state index in [4.69, 9.17) is 14.2 Å². The normalized spacial score (nSPS) is 10.4. The Labute approximate surface area is 156 Å². The number of thiazole rings is 1. The number of benzene rings is 2. The van der Waals surface area contributed by atoms with E-state index < -0.39 is 0 Å². The minimum absolute atomic E-state index is 0.0351. The molecule has 0 atom stereocenters. The number of rotatable bonds is 7. The van der Waals surface area contributed by atoms with Gasteiger partial charge in [0.1, 0.15) is 17.4 Å². The van der Waals surface area contributed by atoms with E-state index in [-0.39, 0.29) is 5.78 Å². The van der Waals surface area contributed by atoms with E-state index in [0.29, 0.717) is 29.4 Å². The summed E-state index contributed by atoms with van der Waals surface area (Å²) in [7, 11) is 3.23. The molecule has 0 fully saturated rings. The average Bonchev–Trinajstić information content (AvgIpc) is 3.14. The summed E-state index contributed by atoms with van der Waals surface area (Å²) in [4.78, 5) is 15.9. The molecule has 6 heteroatoms. The number of methoxy groups -OCH3 is 2. The third-order valence-corrected chi connectivity index (χ3v) is 4.76. The quantitative estimate of drug-likeness (QED) is 0.569. The van der Waals surface area contributed by atoms with Crippen LogP contribution < -0.4 is 14.2 Å². The number of hydrogen-bond donors (Lipinski definition) is 0. The van der Waals surface area contributed by atoms with E-state index in [1.807, 2.05) is 23.6 Å². The molecule has 0 saturated carbocycles. The van der Waals surface area contributed by atoms with Gasteiger partial charge < -0.3 is 14.2 Å². The molecule has 0 radical (unpaired) electrons. The Balaban J connectivity index is 1.73. The third kappa shape index (κ3) is 3.86. The van der Waals surface area contributed by atoms with Crippen molar-refractivity contribution in [1.82, 2.24) is 4.98 Å². The highest BCUT2D eigenvalue weighted by Crippen LogP contribution is 2.39. The van der Waals surface area contributed by atoms with Gasteiger partial charge in [0.2, 0.25) is 0 Å². The first kappa shape index (κ1) is 17.9. The zero-order valence-electron chi connectivity index (χ0n) is 14.8. The first-order valence-electron chi connectivity index (χ1n) is 8.02. The van der Waals surface area contributed by atoms with Gasteiger partial charge in [-0.05, 0) is 43.3 Å². The summed E-state index contributed by atoms with van der Waals surface area (Å²) in [6.45, 7) is 1.89. The molecule has 5 nitrogen and oxygen atoms in total. The second-order valence-corrected chi connectivity index (χ2v) is 6.41. The van der Waals surface area contributed by atoms with Crippen molar-refractivity contribution in [3.05, 3.63) is 59.1 Å². The molecule has 0 aliphatic rings. The van der Waals surface area contributed by atoms with E-state index in [2.05, 4.69) is 4.98 Å². The maximum Gasteiger partial charge on any atom is 0.170 e. The smallest absolute Gasteiger partial charge is 0.170 e. The molecule has 26 heavy (non-hydrogen) atoms. The zero-order chi connectivity index (χ0) is 18.5. The predicted molar refractivity (Wildman–Crippen MR) is 101 cm³/mol. The summed E-state index contributed by atoms with van der Waals surface area (Å²) in [6, 6.07) is 12.8. The lowest BCUT2D eigenvalue weighted by Gasteiger charge is -2.10. The second-order valence-electron chi connectivity index (χ2n) is 5.55. The fourth-order valence-corrected chi connectivity index (χ4v) is 3.32. The lowest BCUT2D eigenvalue weighted by atomic mass is 10.1. The van der Waals surface area contributed by atoms with Crippen molar-refractivity contribution in [3.8, 4) is 27.8 Å². The molecular formula is C20H19NO4S. The van der Waals surface area contributed by atoms with Crippen LogP contribution in [0.15, 0.2) is 47.8 Å². The van der Waals surface area contributed by atoms with Crippen molar-refractivity contribution < 1.29 is 19.0 Å². The van der Waals surface area contributed by atoms with Gasteiger partial charge in [-0.3, -0.25) is 4.79 Å². The molecule has 1 heterocycles. The van der Waals surface area contributed by atoms with Gasteiger partial charge in [0, 0.05) is 10.9 Å². The largest absolute Gasteiger partial charge is 0.493 e. The van der Waals surface area contributed by atoms with E-state index in [9.17, 15) is 4.79 Å². The standard InChI is InChI=1S/C20H19NO4S/c1-13(22)14-7-9-16(10-8-14)25-11-15-12-26-20(21-15)17-5-4-6-18(23-2)19(17)24-3/h4-10,12H,11H2,1-3H3. The molecule has 0 unspecified atom stereocenters. The van der Waals surface area contributed by atoms with E-state index in [1.54, 1.807) is 45.4 Å². The van der Waals surface area contributed by atoms with E-state index in [1.165, 1.54) is 11.3 Å². The van der Waals surface area contributed by atoms with E-state index >= 15 is 0 Å². The first-order chi connectivity index (χ1) is 12.6. The maximum atomic E-state index is 11.3. The molecule has 2 aromatic carbocycles. The number of ketones is 1. The van der Waals surface area contributed by atoms with Gasteiger partial charge in [-0.1, -0.05) is 6.07 Å². The van der Waals surface area contributed by atoms with Crippen molar-refractivity contribution >= 4 is 17.1 Å². The lowest BCUT2D eigenvalue weighted by molar-refractivity contribution is 0.101. The van der Waals surface area contributed by atoms with Crippen LogP contribution in [-0.2, 0) is 6.61 Å². The fourth-order valence-electron chi connectivity index (χ4n) is 2.50. The summed E-state index contributed by atoms with van der Waals surface area (Å²) >= 11 is 1.52. The molecular weight excluding hydrogens is 350 g/mol. The Morgan fingerprint density at radius 1 is 1.08 bits per heavy atom. The minimum Gasteiger partial charge on any atom is -0.493 e. The number of Topliss-reactive ketones (excluding diaryl/α,β-unsaturated/α-hetero) is 1. The van der Waals surface area contributed by atoms with Crippen molar-refractivity contribution in [2.24, 2.45) is 0 Å². The molecule has 3 rings (SSSR count). The van der Waals surface area contributed by atoms with Crippen LogP contribution >= 0.6 is 11.3 Å². The highest BCUT2D eigenvalue weighted by atomic mass is 32.1. The van der Waals surface area contributed by atoms with Gasteiger partial charge in [-0.2, -0.15) is 0 Å². The summed E-state index contributed by atoms with van der Waals surface area (Å²) in [6.07, 6.45) is 0. The van der Waals surface area contributed by atoms with Crippen molar-refractivity contribution in [1.29, 1.82) is 0 Å². The van der Waals surface area contributed by atoms with Crippen LogP contribution in [0.3, 0.4) is 0 Å². The Bertz CT molecular complexity index is 902. The van der Waals surface area contributed by atoms with Crippen LogP contribution in [-0.4, -0.2) is 25.0 Å². The molecule has 3 aromatic rings. The molecule has 134 valence electrons. The van der Waals surface area contributed by atoms with E-state index in [0.717, 1.165) is 16.3 Å². The maximum absolute atomic E-state index is 11.3.